The Labute approximate surface area is 171 Å². The quantitative estimate of drug-likeness (QED) is 0.767. The number of hydrogen-bond donors (Lipinski definition) is 1. The number of esters is 1. The molecule has 148 valence electrons. The monoisotopic (exact) mass is 423 g/mol. The predicted octanol–water partition coefficient (Wildman–Crippen LogP) is 2.79. The molecule has 3 rings (SSSR count). The molecule has 2 heterocycles. The van der Waals surface area contributed by atoms with Crippen molar-refractivity contribution >= 4 is 35.0 Å². The summed E-state index contributed by atoms with van der Waals surface area (Å²) >= 11 is 12.5. The minimum absolute atomic E-state index is 0.175. The van der Waals surface area contributed by atoms with E-state index < -0.39 is 23.1 Å². The first-order chi connectivity index (χ1) is 13.2. The molecule has 0 amide bonds. The van der Waals surface area contributed by atoms with E-state index in [-0.39, 0.29) is 17.7 Å². The number of aromatic nitrogens is 2. The van der Waals surface area contributed by atoms with Gasteiger partial charge in [-0.15, -0.1) is 0 Å². The van der Waals surface area contributed by atoms with Crippen molar-refractivity contribution in [2.75, 3.05) is 11.9 Å². The Kier molecular flexibility index (Phi) is 5.41. The molecule has 1 N–H and O–H groups in total. The van der Waals surface area contributed by atoms with Gasteiger partial charge in [-0.2, -0.15) is 0 Å². The molecule has 1 aromatic heterocycles. The van der Waals surface area contributed by atoms with E-state index in [0.717, 1.165) is 4.57 Å². The van der Waals surface area contributed by atoms with Gasteiger partial charge in [0.15, 0.2) is 0 Å². The van der Waals surface area contributed by atoms with Crippen LogP contribution in [0.4, 0.5) is 5.82 Å². The van der Waals surface area contributed by atoms with Crippen LogP contribution in [0.5, 0.6) is 0 Å². The van der Waals surface area contributed by atoms with E-state index in [2.05, 4.69) is 5.32 Å². The van der Waals surface area contributed by atoms with Crippen LogP contribution >= 0.6 is 23.2 Å². The lowest BCUT2D eigenvalue weighted by Gasteiger charge is -2.31. The van der Waals surface area contributed by atoms with Gasteiger partial charge in [-0.1, -0.05) is 29.3 Å². The molecule has 2 aromatic rings. The molecule has 7 nitrogen and oxygen atoms in total. The number of nitrogens with one attached hydrogen (secondary N) is 1. The average Bonchev–Trinajstić information content (AvgIpc) is 2.64. The molecule has 0 saturated carbocycles. The fraction of sp³-hybridized carbons (Fsp3) is 0.316. The summed E-state index contributed by atoms with van der Waals surface area (Å²) in [6.07, 6.45) is 0. The van der Waals surface area contributed by atoms with Crippen molar-refractivity contribution in [3.05, 3.63) is 71.5 Å². The van der Waals surface area contributed by atoms with Gasteiger partial charge in [0.25, 0.3) is 5.56 Å². The van der Waals surface area contributed by atoms with E-state index in [4.69, 9.17) is 27.9 Å². The Balaban J connectivity index is 2.42. The third kappa shape index (κ3) is 3.14. The molecule has 1 unspecified atom stereocenters. The molecule has 0 spiro atoms. The summed E-state index contributed by atoms with van der Waals surface area (Å²) in [7, 11) is 2.94. The number of nitrogens with zero attached hydrogens (tertiary/aromatic N) is 2. The van der Waals surface area contributed by atoms with Crippen molar-refractivity contribution in [3.8, 4) is 0 Å². The van der Waals surface area contributed by atoms with Crippen LogP contribution in [0.25, 0.3) is 0 Å². The Hall–Kier alpha value is -2.51. The van der Waals surface area contributed by atoms with Crippen LogP contribution in [0, 0.1) is 0 Å². The standard InChI is InChI=1S/C19H19Cl2N3O4/c1-5-28-18(26)13-9(2)22-16-15(17(25)24(4)19(27)23(16)3)14(13)11-7-6-10(20)8-12(11)21/h6-8,14,22H,5H2,1-4H3. The van der Waals surface area contributed by atoms with Crippen molar-refractivity contribution in [3.63, 3.8) is 0 Å². The fourth-order valence-corrected chi connectivity index (χ4v) is 3.93. The second-order valence-corrected chi connectivity index (χ2v) is 7.29. The lowest BCUT2D eigenvalue weighted by Crippen LogP contribution is -2.43. The van der Waals surface area contributed by atoms with Gasteiger partial charge >= 0.3 is 11.7 Å². The summed E-state index contributed by atoms with van der Waals surface area (Å²) in [5.74, 6) is -1.06. The first-order valence-electron chi connectivity index (χ1n) is 8.58. The maximum absolute atomic E-state index is 13.0. The summed E-state index contributed by atoms with van der Waals surface area (Å²) < 4.78 is 7.56. The highest BCUT2D eigenvalue weighted by Crippen LogP contribution is 2.42. The zero-order valence-corrected chi connectivity index (χ0v) is 17.3. The molecule has 1 aliphatic rings. The van der Waals surface area contributed by atoms with Crippen LogP contribution in [-0.4, -0.2) is 21.7 Å². The summed E-state index contributed by atoms with van der Waals surface area (Å²) in [4.78, 5) is 38.2. The normalized spacial score (nSPS) is 15.9. The van der Waals surface area contributed by atoms with E-state index in [0.29, 0.717) is 27.1 Å². The van der Waals surface area contributed by atoms with Gasteiger partial charge < -0.3 is 10.1 Å². The third-order valence-corrected chi connectivity index (χ3v) is 5.32. The molecule has 0 aliphatic carbocycles. The molecule has 0 bridgehead atoms. The fourth-order valence-electron chi connectivity index (χ4n) is 3.41. The summed E-state index contributed by atoms with van der Waals surface area (Å²) in [6.45, 7) is 3.56. The smallest absolute Gasteiger partial charge is 0.336 e. The first-order valence-corrected chi connectivity index (χ1v) is 9.34. The summed E-state index contributed by atoms with van der Waals surface area (Å²) in [5.41, 5.74) is 0.495. The van der Waals surface area contributed by atoms with Gasteiger partial charge in [-0.05, 0) is 31.5 Å². The predicted molar refractivity (Wildman–Crippen MR) is 108 cm³/mol. The largest absolute Gasteiger partial charge is 0.463 e. The second kappa shape index (κ2) is 7.48. The number of ether oxygens (including phenoxy) is 1. The summed E-state index contributed by atoms with van der Waals surface area (Å²) in [6, 6.07) is 4.85. The molecule has 1 atom stereocenters. The van der Waals surface area contributed by atoms with Crippen LogP contribution < -0.4 is 16.6 Å². The van der Waals surface area contributed by atoms with Gasteiger partial charge in [0, 0.05) is 29.8 Å². The molecular formula is C19H19Cl2N3O4. The maximum Gasteiger partial charge on any atom is 0.336 e. The molecule has 1 aliphatic heterocycles. The van der Waals surface area contributed by atoms with E-state index in [1.807, 2.05) is 0 Å². The zero-order chi connectivity index (χ0) is 20.7. The van der Waals surface area contributed by atoms with Gasteiger partial charge in [-0.25, -0.2) is 9.59 Å². The van der Waals surface area contributed by atoms with Crippen LogP contribution in [0.1, 0.15) is 30.9 Å². The number of rotatable bonds is 3. The maximum atomic E-state index is 13.0. The van der Waals surface area contributed by atoms with Crippen LogP contribution in [0.15, 0.2) is 39.1 Å². The topological polar surface area (TPSA) is 82.3 Å². The molecule has 0 saturated heterocycles. The second-order valence-electron chi connectivity index (χ2n) is 6.45. The van der Waals surface area contributed by atoms with Gasteiger partial charge in [0.2, 0.25) is 0 Å². The minimum Gasteiger partial charge on any atom is -0.463 e. The lowest BCUT2D eigenvalue weighted by molar-refractivity contribution is -0.138. The highest BCUT2D eigenvalue weighted by atomic mass is 35.5. The molecule has 0 radical (unpaired) electrons. The van der Waals surface area contributed by atoms with Gasteiger partial charge in [0.1, 0.15) is 5.82 Å². The van der Waals surface area contributed by atoms with Crippen molar-refractivity contribution < 1.29 is 9.53 Å². The number of halogens is 2. The minimum atomic E-state index is -0.814. The Bertz CT molecular complexity index is 1130. The average molecular weight is 424 g/mol. The van der Waals surface area contributed by atoms with Gasteiger partial charge in [-0.3, -0.25) is 13.9 Å². The number of carbonyl (C=O) groups is 1. The lowest BCUT2D eigenvalue weighted by atomic mass is 9.82. The van der Waals surface area contributed by atoms with Crippen LogP contribution in [0.2, 0.25) is 10.0 Å². The van der Waals surface area contributed by atoms with Crippen molar-refractivity contribution in [1.82, 2.24) is 9.13 Å². The number of benzene rings is 1. The molecule has 28 heavy (non-hydrogen) atoms. The van der Waals surface area contributed by atoms with Crippen molar-refractivity contribution in [2.24, 2.45) is 14.1 Å². The molecular weight excluding hydrogens is 405 g/mol. The van der Waals surface area contributed by atoms with Crippen LogP contribution in [-0.2, 0) is 23.6 Å². The van der Waals surface area contributed by atoms with E-state index in [9.17, 15) is 14.4 Å². The number of anilines is 1. The van der Waals surface area contributed by atoms with Gasteiger partial charge in [0.05, 0.1) is 23.7 Å². The van der Waals surface area contributed by atoms with E-state index in [1.54, 1.807) is 39.1 Å². The number of carbonyl (C=O) groups excluding carboxylic acids is 1. The molecule has 1 aromatic carbocycles. The molecule has 0 fully saturated rings. The van der Waals surface area contributed by atoms with E-state index in [1.165, 1.54) is 11.6 Å². The number of hydrogen-bond acceptors (Lipinski definition) is 5. The number of fused-ring (bicyclic) bond motifs is 1. The highest BCUT2D eigenvalue weighted by molar-refractivity contribution is 6.35. The zero-order valence-electron chi connectivity index (χ0n) is 15.8. The third-order valence-electron chi connectivity index (χ3n) is 4.76. The Morgan fingerprint density at radius 1 is 1.21 bits per heavy atom. The van der Waals surface area contributed by atoms with Crippen molar-refractivity contribution in [2.45, 2.75) is 19.8 Å². The SMILES string of the molecule is CCOC(=O)C1=C(C)Nc2c(c(=O)n(C)c(=O)n2C)C1c1ccc(Cl)cc1Cl. The first kappa shape index (κ1) is 20.2. The van der Waals surface area contributed by atoms with Crippen molar-refractivity contribution in [1.29, 1.82) is 0 Å². The summed E-state index contributed by atoms with van der Waals surface area (Å²) in [5, 5.41) is 3.74. The number of allylic oxidation sites excluding steroid dienone is 1. The van der Waals surface area contributed by atoms with E-state index >= 15 is 0 Å². The molecule has 9 heteroatoms. The Morgan fingerprint density at radius 2 is 1.89 bits per heavy atom. The van der Waals surface area contributed by atoms with Crippen LogP contribution in [0.3, 0.4) is 0 Å². The Morgan fingerprint density at radius 3 is 2.50 bits per heavy atom. The highest BCUT2D eigenvalue weighted by Gasteiger charge is 2.38.